The average Bonchev–Trinajstić information content (AvgIpc) is 1.69. The van der Waals surface area contributed by atoms with Crippen LogP contribution in [-0.2, 0) is 0 Å². The summed E-state index contributed by atoms with van der Waals surface area (Å²) in [7, 11) is 0. The van der Waals surface area contributed by atoms with Gasteiger partial charge in [0.1, 0.15) is 0 Å². The predicted molar refractivity (Wildman–Crippen MR) is 36.8 cm³/mol. The van der Waals surface area contributed by atoms with E-state index in [4.69, 9.17) is 5.73 Å². The fourth-order valence-corrected chi connectivity index (χ4v) is 0.400. The normalized spacial score (nSPS) is 7.50. The SMILES string of the molecule is Nc1cc[c]cc1.[NaH]. The summed E-state index contributed by atoms with van der Waals surface area (Å²) in [6.45, 7) is 0. The molecule has 0 aliphatic carbocycles. The average molecular weight is 116 g/mol. The van der Waals surface area contributed by atoms with Crippen LogP contribution in [0.1, 0.15) is 0 Å². The second-order valence-electron chi connectivity index (χ2n) is 1.33. The molecule has 8 heavy (non-hydrogen) atoms. The summed E-state index contributed by atoms with van der Waals surface area (Å²) in [5.41, 5.74) is 6.13. The van der Waals surface area contributed by atoms with Gasteiger partial charge in [-0.25, -0.2) is 0 Å². The van der Waals surface area contributed by atoms with Gasteiger partial charge in [0.05, 0.1) is 0 Å². The van der Waals surface area contributed by atoms with Crippen molar-refractivity contribution in [2.24, 2.45) is 0 Å². The molecule has 0 saturated heterocycles. The van der Waals surface area contributed by atoms with E-state index in [1.165, 1.54) is 0 Å². The monoisotopic (exact) mass is 116 g/mol. The predicted octanol–water partition coefficient (Wildman–Crippen LogP) is 0.420. The summed E-state index contributed by atoms with van der Waals surface area (Å²) in [5.74, 6) is 0. The fourth-order valence-electron chi connectivity index (χ4n) is 0.400. The maximum atomic E-state index is 5.34. The second-order valence-corrected chi connectivity index (χ2v) is 1.33. The molecule has 1 aromatic rings. The van der Waals surface area contributed by atoms with E-state index in [-0.39, 0.29) is 29.6 Å². The third-order valence-electron chi connectivity index (χ3n) is 0.744. The number of hydrogen-bond donors (Lipinski definition) is 1. The van der Waals surface area contributed by atoms with Crippen LogP contribution < -0.4 is 5.73 Å². The Balaban J connectivity index is 0.000000490. The molecule has 0 atom stereocenters. The Kier molecular flexibility index (Phi) is 3.97. The third kappa shape index (κ3) is 2.36. The molecule has 0 bridgehead atoms. The molecule has 0 aliphatic rings. The van der Waals surface area contributed by atoms with Crippen LogP contribution >= 0.6 is 0 Å². The van der Waals surface area contributed by atoms with E-state index >= 15 is 0 Å². The van der Waals surface area contributed by atoms with Crippen LogP contribution in [0, 0.1) is 6.07 Å². The van der Waals surface area contributed by atoms with Gasteiger partial charge < -0.3 is 5.73 Å². The van der Waals surface area contributed by atoms with E-state index in [9.17, 15) is 0 Å². The molecule has 1 aromatic carbocycles. The maximum absolute atomic E-state index is 5.34. The molecule has 0 heterocycles. The first-order valence-electron chi connectivity index (χ1n) is 2.11. The third-order valence-corrected chi connectivity index (χ3v) is 0.744. The van der Waals surface area contributed by atoms with Gasteiger partial charge in [-0.15, -0.1) is 0 Å². The van der Waals surface area contributed by atoms with Crippen LogP contribution in [-0.4, -0.2) is 29.6 Å². The Morgan fingerprint density at radius 1 is 1.25 bits per heavy atom. The number of hydrogen-bond acceptors (Lipinski definition) is 1. The van der Waals surface area contributed by atoms with E-state index in [1.807, 2.05) is 0 Å². The molecular formula is C6H7NNa. The zero-order valence-electron chi connectivity index (χ0n) is 3.89. The van der Waals surface area contributed by atoms with Crippen molar-refractivity contribution in [1.82, 2.24) is 0 Å². The summed E-state index contributed by atoms with van der Waals surface area (Å²) in [4.78, 5) is 0. The van der Waals surface area contributed by atoms with Gasteiger partial charge in [-0.3, -0.25) is 0 Å². The first-order valence-corrected chi connectivity index (χ1v) is 2.11. The van der Waals surface area contributed by atoms with Gasteiger partial charge in [0.2, 0.25) is 0 Å². The Labute approximate surface area is 71.2 Å². The van der Waals surface area contributed by atoms with Crippen LogP contribution in [0.2, 0.25) is 0 Å². The Bertz CT molecular complexity index is 138. The van der Waals surface area contributed by atoms with Crippen molar-refractivity contribution >= 4 is 35.2 Å². The van der Waals surface area contributed by atoms with Crippen molar-refractivity contribution < 1.29 is 0 Å². The van der Waals surface area contributed by atoms with Crippen LogP contribution in [0.5, 0.6) is 0 Å². The zero-order valence-corrected chi connectivity index (χ0v) is 3.89. The molecule has 2 heteroatoms. The Hall–Kier alpha value is 0.0200. The van der Waals surface area contributed by atoms with Gasteiger partial charge in [0, 0.05) is 5.69 Å². The van der Waals surface area contributed by atoms with E-state index in [1.54, 1.807) is 24.3 Å². The molecule has 0 spiro atoms. The van der Waals surface area contributed by atoms with E-state index in [2.05, 4.69) is 6.07 Å². The van der Waals surface area contributed by atoms with Crippen molar-refractivity contribution in [2.75, 3.05) is 5.73 Å². The molecule has 0 saturated carbocycles. The van der Waals surface area contributed by atoms with E-state index < -0.39 is 0 Å². The first-order chi connectivity index (χ1) is 3.39. The molecule has 1 rings (SSSR count). The minimum atomic E-state index is 0. The number of nitrogens with two attached hydrogens (primary N) is 1. The zero-order chi connectivity index (χ0) is 5.11. The molecule has 0 unspecified atom stereocenters. The standard InChI is InChI=1S/C6H6N.Na.H/c7-6-4-2-1-3-5-6;;/h2-5H,7H2;;. The van der Waals surface area contributed by atoms with Crippen LogP contribution in [0.15, 0.2) is 24.3 Å². The summed E-state index contributed by atoms with van der Waals surface area (Å²) in [5, 5.41) is 0. The number of benzene rings is 1. The summed E-state index contributed by atoms with van der Waals surface area (Å²) in [6, 6.07) is 10.0. The quantitative estimate of drug-likeness (QED) is 0.386. The van der Waals surface area contributed by atoms with Crippen molar-refractivity contribution in [2.45, 2.75) is 0 Å². The summed E-state index contributed by atoms with van der Waals surface area (Å²) >= 11 is 0. The van der Waals surface area contributed by atoms with E-state index in [0.717, 1.165) is 5.69 Å². The second kappa shape index (κ2) is 3.96. The van der Waals surface area contributed by atoms with E-state index in [0.29, 0.717) is 0 Å². The number of rotatable bonds is 0. The minimum absolute atomic E-state index is 0. The molecule has 0 amide bonds. The molecule has 2 N–H and O–H groups in total. The van der Waals surface area contributed by atoms with Crippen LogP contribution in [0.3, 0.4) is 0 Å². The molecule has 0 aromatic heterocycles. The van der Waals surface area contributed by atoms with Gasteiger partial charge in [-0.1, -0.05) is 12.1 Å². The number of nitrogen functional groups attached to an aromatic ring is 1. The van der Waals surface area contributed by atoms with Crippen molar-refractivity contribution in [3.05, 3.63) is 30.3 Å². The van der Waals surface area contributed by atoms with Gasteiger partial charge in [0.25, 0.3) is 0 Å². The molecule has 37 valence electrons. The van der Waals surface area contributed by atoms with Crippen molar-refractivity contribution in [3.63, 3.8) is 0 Å². The molecule has 0 aliphatic heterocycles. The van der Waals surface area contributed by atoms with Crippen LogP contribution in [0.25, 0.3) is 0 Å². The molecule has 1 radical (unpaired) electrons. The fraction of sp³-hybridized carbons (Fsp3) is 0. The topological polar surface area (TPSA) is 26.0 Å². The van der Waals surface area contributed by atoms with Gasteiger partial charge in [0.15, 0.2) is 0 Å². The molecule has 0 fully saturated rings. The van der Waals surface area contributed by atoms with Crippen molar-refractivity contribution in [3.8, 4) is 0 Å². The van der Waals surface area contributed by atoms with Crippen molar-refractivity contribution in [1.29, 1.82) is 0 Å². The summed E-state index contributed by atoms with van der Waals surface area (Å²) < 4.78 is 0. The van der Waals surface area contributed by atoms with Gasteiger partial charge >= 0.3 is 29.6 Å². The van der Waals surface area contributed by atoms with Crippen LogP contribution in [0.4, 0.5) is 5.69 Å². The Morgan fingerprint density at radius 2 is 1.75 bits per heavy atom. The number of anilines is 1. The van der Waals surface area contributed by atoms with Gasteiger partial charge in [-0.05, 0) is 18.2 Å². The molecule has 1 nitrogen and oxygen atoms in total. The molecular weight excluding hydrogens is 109 g/mol. The summed E-state index contributed by atoms with van der Waals surface area (Å²) in [6.07, 6.45) is 0. The Morgan fingerprint density at radius 3 is 2.00 bits per heavy atom. The first kappa shape index (κ1) is 8.02. The van der Waals surface area contributed by atoms with Gasteiger partial charge in [-0.2, -0.15) is 0 Å².